The summed E-state index contributed by atoms with van der Waals surface area (Å²) in [7, 11) is 0. The van der Waals surface area contributed by atoms with Crippen LogP contribution in [0.1, 0.15) is 27.9 Å². The third kappa shape index (κ3) is 4.17. The largest absolute Gasteiger partial charge is 0.504 e. The van der Waals surface area contributed by atoms with Gasteiger partial charge in [-0.2, -0.15) is 0 Å². The lowest BCUT2D eigenvalue weighted by atomic mass is 9.94. The van der Waals surface area contributed by atoms with Crippen molar-refractivity contribution in [2.24, 2.45) is 0 Å². The van der Waals surface area contributed by atoms with E-state index in [1.165, 1.54) is 0 Å². The Bertz CT molecular complexity index is 1020. The van der Waals surface area contributed by atoms with E-state index in [1.54, 1.807) is 24.3 Å². The molecule has 142 valence electrons. The molecule has 2 aromatic rings. The number of rotatable bonds is 5. The molecular weight excluding hydrogens is 358 g/mol. The average Bonchev–Trinajstić information content (AvgIpc) is 2.68. The summed E-state index contributed by atoms with van der Waals surface area (Å²) in [4.78, 5) is 36.0. The van der Waals surface area contributed by atoms with Crippen LogP contribution < -0.4 is 5.32 Å². The zero-order valence-corrected chi connectivity index (χ0v) is 15.2. The van der Waals surface area contributed by atoms with Gasteiger partial charge in [0.2, 0.25) is 11.6 Å². The third-order valence-electron chi connectivity index (χ3n) is 4.46. The Labute approximate surface area is 161 Å². The van der Waals surface area contributed by atoms with Gasteiger partial charge in [-0.05, 0) is 49.6 Å². The Hall–Kier alpha value is -3.67. The lowest BCUT2D eigenvalue weighted by molar-refractivity contribution is -0.119. The first-order chi connectivity index (χ1) is 13.3. The van der Waals surface area contributed by atoms with Crippen LogP contribution in [0.5, 0.6) is 0 Å². The van der Waals surface area contributed by atoms with Gasteiger partial charge in [0.1, 0.15) is 0 Å². The number of carbonyl (C=O) groups excluding carboxylic acids is 3. The topological polar surface area (TPSA) is 104 Å². The molecule has 0 radical (unpaired) electrons. The maximum Gasteiger partial charge on any atom is 0.255 e. The summed E-state index contributed by atoms with van der Waals surface area (Å²) in [5, 5.41) is 22.1. The Balaban J connectivity index is 1.70. The smallest absolute Gasteiger partial charge is 0.255 e. The Kier molecular flexibility index (Phi) is 5.40. The normalized spacial score (nSPS) is 14.1. The molecule has 2 aromatic carbocycles. The van der Waals surface area contributed by atoms with Gasteiger partial charge >= 0.3 is 0 Å². The van der Waals surface area contributed by atoms with E-state index in [9.17, 15) is 24.6 Å². The Morgan fingerprint density at radius 1 is 1.00 bits per heavy atom. The highest BCUT2D eigenvalue weighted by Gasteiger charge is 2.27. The predicted molar refractivity (Wildman–Crippen MR) is 104 cm³/mol. The first-order valence-electron chi connectivity index (χ1n) is 8.74. The number of hydrogen-bond acceptors (Lipinski definition) is 5. The minimum Gasteiger partial charge on any atom is -0.504 e. The van der Waals surface area contributed by atoms with Gasteiger partial charge in [0.05, 0.1) is 0 Å². The number of hydrogen-bond donors (Lipinski definition) is 3. The summed E-state index contributed by atoms with van der Waals surface area (Å²) in [6.07, 6.45) is 1.09. The van der Waals surface area contributed by atoms with Gasteiger partial charge in [-0.15, -0.1) is 0 Å². The molecule has 0 bridgehead atoms. The summed E-state index contributed by atoms with van der Waals surface area (Å²) < 4.78 is 0. The number of anilines is 1. The molecule has 1 aliphatic rings. The van der Waals surface area contributed by atoms with Crippen LogP contribution in [0.4, 0.5) is 5.69 Å². The molecule has 3 rings (SSSR count). The number of aliphatic hydroxyl groups excluding tert-OH is 2. The van der Waals surface area contributed by atoms with Crippen LogP contribution in [0.3, 0.4) is 0 Å². The summed E-state index contributed by atoms with van der Waals surface area (Å²) in [5.74, 6) is -3.14. The molecule has 1 aliphatic carbocycles. The molecule has 0 aromatic heterocycles. The molecular formula is C22H19NO5. The number of carbonyl (C=O) groups is 3. The van der Waals surface area contributed by atoms with Gasteiger partial charge in [0.25, 0.3) is 5.91 Å². The van der Waals surface area contributed by atoms with Crippen molar-refractivity contribution in [3.8, 4) is 0 Å². The van der Waals surface area contributed by atoms with Crippen molar-refractivity contribution in [2.75, 3.05) is 5.32 Å². The number of nitrogens with one attached hydrogen (secondary N) is 1. The molecule has 1 amide bonds. The van der Waals surface area contributed by atoms with Gasteiger partial charge in [-0.3, -0.25) is 14.4 Å². The molecule has 0 saturated carbocycles. The van der Waals surface area contributed by atoms with E-state index in [1.807, 2.05) is 31.2 Å². The van der Waals surface area contributed by atoms with Gasteiger partial charge in [-0.1, -0.05) is 29.8 Å². The van der Waals surface area contributed by atoms with Crippen molar-refractivity contribution in [3.05, 3.63) is 88.4 Å². The number of amides is 1. The Morgan fingerprint density at radius 3 is 2.43 bits per heavy atom. The third-order valence-corrected chi connectivity index (χ3v) is 4.46. The molecule has 0 heterocycles. The van der Waals surface area contributed by atoms with Crippen LogP contribution in [0.25, 0.3) is 0 Å². The van der Waals surface area contributed by atoms with Crippen LogP contribution in [0.15, 0.2) is 71.7 Å². The second kappa shape index (κ2) is 7.92. The summed E-state index contributed by atoms with van der Waals surface area (Å²) in [6, 6.07) is 14.3. The lowest BCUT2D eigenvalue weighted by Crippen LogP contribution is -2.19. The van der Waals surface area contributed by atoms with Gasteiger partial charge < -0.3 is 15.5 Å². The van der Waals surface area contributed by atoms with E-state index in [2.05, 4.69) is 5.32 Å². The summed E-state index contributed by atoms with van der Waals surface area (Å²) in [5.41, 5.74) is 2.86. The van der Waals surface area contributed by atoms with E-state index in [4.69, 9.17) is 0 Å². The van der Waals surface area contributed by atoms with Crippen molar-refractivity contribution >= 4 is 23.2 Å². The fourth-order valence-corrected chi connectivity index (χ4v) is 2.88. The second-order valence-corrected chi connectivity index (χ2v) is 6.57. The van der Waals surface area contributed by atoms with Crippen LogP contribution in [0.2, 0.25) is 0 Å². The van der Waals surface area contributed by atoms with Crippen molar-refractivity contribution in [1.29, 1.82) is 0 Å². The number of aliphatic hydroxyl groups is 2. The number of Topliss-reactive ketones (excluding diaryl/α,β-unsaturated/α-hetero) is 1. The molecule has 0 atom stereocenters. The average molecular weight is 377 g/mol. The van der Waals surface area contributed by atoms with Crippen LogP contribution in [-0.4, -0.2) is 27.7 Å². The zero-order valence-electron chi connectivity index (χ0n) is 15.2. The highest BCUT2D eigenvalue weighted by Crippen LogP contribution is 2.21. The number of allylic oxidation sites excluding steroid dienone is 2. The highest BCUT2D eigenvalue weighted by atomic mass is 16.3. The van der Waals surface area contributed by atoms with Crippen LogP contribution in [0, 0.1) is 6.92 Å². The standard InChI is InChI=1S/C22H19NO5/c1-13-5-8-16(9-6-13)23-22(28)15-4-2-3-14(11-15)7-10-17-20(26)18(24)12-19(25)21(17)27/h2-6,8-9,11-12,24,27H,7,10H2,1H3,(H,23,28). The fraction of sp³-hybridized carbons (Fsp3) is 0.136. The minimum absolute atomic E-state index is 0.0668. The minimum atomic E-state index is -0.793. The number of aryl methyl sites for hydroxylation is 2. The first-order valence-corrected chi connectivity index (χ1v) is 8.74. The molecule has 0 fully saturated rings. The quantitative estimate of drug-likeness (QED) is 0.691. The predicted octanol–water partition coefficient (Wildman–Crippen LogP) is 3.59. The molecule has 28 heavy (non-hydrogen) atoms. The van der Waals surface area contributed by atoms with E-state index < -0.39 is 23.1 Å². The van der Waals surface area contributed by atoms with E-state index >= 15 is 0 Å². The Morgan fingerprint density at radius 2 is 1.71 bits per heavy atom. The van der Waals surface area contributed by atoms with Crippen LogP contribution >= 0.6 is 0 Å². The lowest BCUT2D eigenvalue weighted by Gasteiger charge is -2.13. The zero-order chi connectivity index (χ0) is 20.3. The molecule has 0 aliphatic heterocycles. The molecule has 3 N–H and O–H groups in total. The van der Waals surface area contributed by atoms with Crippen molar-refractivity contribution < 1.29 is 24.6 Å². The number of ketones is 2. The van der Waals surface area contributed by atoms with Crippen LogP contribution in [-0.2, 0) is 16.0 Å². The molecule has 0 spiro atoms. The van der Waals surface area contributed by atoms with Gasteiger partial charge in [-0.25, -0.2) is 0 Å². The summed E-state index contributed by atoms with van der Waals surface area (Å²) >= 11 is 0. The van der Waals surface area contributed by atoms with Crippen molar-refractivity contribution in [1.82, 2.24) is 0 Å². The van der Waals surface area contributed by atoms with Gasteiger partial charge in [0, 0.05) is 22.9 Å². The SMILES string of the molecule is Cc1ccc(NC(=O)c2cccc(CCC3=C(O)C(=O)C=C(O)C3=O)c2)cc1. The first kappa shape index (κ1) is 19.1. The van der Waals surface area contributed by atoms with Crippen molar-refractivity contribution in [2.45, 2.75) is 19.8 Å². The highest BCUT2D eigenvalue weighted by molar-refractivity contribution is 6.20. The fourth-order valence-electron chi connectivity index (χ4n) is 2.88. The maximum absolute atomic E-state index is 12.4. The maximum atomic E-state index is 12.4. The molecule has 6 heteroatoms. The summed E-state index contributed by atoms with van der Waals surface area (Å²) in [6.45, 7) is 1.96. The second-order valence-electron chi connectivity index (χ2n) is 6.57. The molecule has 0 saturated heterocycles. The van der Waals surface area contributed by atoms with E-state index in [-0.39, 0.29) is 17.9 Å². The molecule has 0 unspecified atom stereocenters. The van der Waals surface area contributed by atoms with E-state index in [0.717, 1.165) is 11.1 Å². The van der Waals surface area contributed by atoms with Gasteiger partial charge in [0.15, 0.2) is 11.5 Å². The van der Waals surface area contributed by atoms with Crippen molar-refractivity contribution in [3.63, 3.8) is 0 Å². The van der Waals surface area contributed by atoms with E-state index in [0.29, 0.717) is 23.7 Å². The molecule has 6 nitrogen and oxygen atoms in total. The number of benzene rings is 2. The monoisotopic (exact) mass is 377 g/mol.